The first-order valence-corrected chi connectivity index (χ1v) is 7.95. The molecule has 2 fully saturated rings. The summed E-state index contributed by atoms with van der Waals surface area (Å²) in [5, 5.41) is 10.6. The predicted molar refractivity (Wildman–Crippen MR) is 75.3 cm³/mol. The SMILES string of the molecule is CC(C)C1=C2[C@H]3CCCC[C@@H]3C[C@@H](O)[C@@]2(C)CC1. The average Bonchev–Trinajstić information content (AvgIpc) is 2.69. The summed E-state index contributed by atoms with van der Waals surface area (Å²) < 4.78 is 0. The lowest BCUT2D eigenvalue weighted by molar-refractivity contribution is -0.0102. The molecule has 1 heteroatoms. The zero-order valence-electron chi connectivity index (χ0n) is 12.2. The van der Waals surface area contributed by atoms with Gasteiger partial charge >= 0.3 is 0 Å². The van der Waals surface area contributed by atoms with Gasteiger partial charge in [-0.1, -0.05) is 44.8 Å². The maximum atomic E-state index is 10.6. The molecule has 0 heterocycles. The Morgan fingerprint density at radius 3 is 2.67 bits per heavy atom. The maximum Gasteiger partial charge on any atom is 0.0634 e. The number of allylic oxidation sites excluding steroid dienone is 1. The summed E-state index contributed by atoms with van der Waals surface area (Å²) in [5.74, 6) is 2.27. The molecule has 0 aromatic heterocycles. The summed E-state index contributed by atoms with van der Waals surface area (Å²) in [6, 6.07) is 0. The molecule has 0 aromatic carbocycles. The molecule has 0 aromatic rings. The highest BCUT2D eigenvalue weighted by molar-refractivity contribution is 5.35. The Kier molecular flexibility index (Phi) is 3.09. The van der Waals surface area contributed by atoms with E-state index in [1.807, 2.05) is 0 Å². The van der Waals surface area contributed by atoms with E-state index in [4.69, 9.17) is 0 Å². The van der Waals surface area contributed by atoms with Crippen molar-refractivity contribution in [1.29, 1.82) is 0 Å². The van der Waals surface area contributed by atoms with E-state index in [0.717, 1.165) is 18.3 Å². The minimum atomic E-state index is -0.0805. The minimum Gasteiger partial charge on any atom is -0.392 e. The molecule has 1 N–H and O–H groups in total. The van der Waals surface area contributed by atoms with Crippen LogP contribution in [0.4, 0.5) is 0 Å². The Labute approximate surface area is 112 Å². The van der Waals surface area contributed by atoms with Crippen LogP contribution in [0, 0.1) is 23.2 Å². The van der Waals surface area contributed by atoms with E-state index >= 15 is 0 Å². The van der Waals surface area contributed by atoms with Gasteiger partial charge in [0.15, 0.2) is 0 Å². The van der Waals surface area contributed by atoms with Crippen LogP contribution in [0.15, 0.2) is 11.1 Å². The molecule has 1 nitrogen and oxygen atoms in total. The summed E-state index contributed by atoms with van der Waals surface area (Å²) in [6.07, 6.45) is 8.95. The molecule has 3 rings (SSSR count). The lowest BCUT2D eigenvalue weighted by Crippen LogP contribution is -2.44. The zero-order valence-corrected chi connectivity index (χ0v) is 12.2. The van der Waals surface area contributed by atoms with Crippen LogP contribution in [0.5, 0.6) is 0 Å². The fourth-order valence-corrected chi connectivity index (χ4v) is 5.05. The van der Waals surface area contributed by atoms with Crippen molar-refractivity contribution in [2.45, 2.75) is 71.8 Å². The monoisotopic (exact) mass is 248 g/mol. The summed E-state index contributed by atoms with van der Waals surface area (Å²) >= 11 is 0. The Hall–Kier alpha value is -0.300. The number of aliphatic hydroxyl groups excluding tert-OH is 1. The van der Waals surface area contributed by atoms with Crippen molar-refractivity contribution >= 4 is 0 Å². The number of hydrogen-bond acceptors (Lipinski definition) is 1. The Balaban J connectivity index is 2.04. The largest absolute Gasteiger partial charge is 0.392 e. The second-order valence-electron chi connectivity index (χ2n) is 7.41. The molecule has 0 bridgehead atoms. The smallest absolute Gasteiger partial charge is 0.0634 e. The number of rotatable bonds is 1. The minimum absolute atomic E-state index is 0.0805. The molecule has 3 aliphatic rings. The van der Waals surface area contributed by atoms with Gasteiger partial charge in [0.1, 0.15) is 0 Å². The third-order valence-corrected chi connectivity index (χ3v) is 6.11. The fourth-order valence-electron chi connectivity index (χ4n) is 5.05. The van der Waals surface area contributed by atoms with Gasteiger partial charge in [0.2, 0.25) is 0 Å². The molecule has 0 radical (unpaired) electrons. The lowest BCUT2D eigenvalue weighted by Gasteiger charge is -2.49. The van der Waals surface area contributed by atoms with Gasteiger partial charge in [0.05, 0.1) is 6.10 Å². The highest BCUT2D eigenvalue weighted by atomic mass is 16.3. The molecular weight excluding hydrogens is 220 g/mol. The molecular formula is C17H28O. The molecule has 0 unspecified atom stereocenters. The van der Waals surface area contributed by atoms with Gasteiger partial charge < -0.3 is 5.11 Å². The summed E-state index contributed by atoms with van der Waals surface area (Å²) in [5.41, 5.74) is 3.53. The van der Waals surface area contributed by atoms with E-state index in [-0.39, 0.29) is 11.5 Å². The first-order chi connectivity index (χ1) is 8.54. The number of hydrogen-bond donors (Lipinski definition) is 1. The summed E-state index contributed by atoms with van der Waals surface area (Å²) in [4.78, 5) is 0. The van der Waals surface area contributed by atoms with Gasteiger partial charge in [-0.05, 0) is 49.9 Å². The number of aliphatic hydroxyl groups is 1. The van der Waals surface area contributed by atoms with Gasteiger partial charge in [-0.25, -0.2) is 0 Å². The second kappa shape index (κ2) is 4.37. The summed E-state index contributed by atoms with van der Waals surface area (Å²) in [7, 11) is 0. The number of fused-ring (bicyclic) bond motifs is 3. The van der Waals surface area contributed by atoms with Crippen LogP contribution in [0.2, 0.25) is 0 Å². The van der Waals surface area contributed by atoms with E-state index in [0.29, 0.717) is 5.92 Å². The van der Waals surface area contributed by atoms with Crippen molar-refractivity contribution in [2.24, 2.45) is 23.2 Å². The van der Waals surface area contributed by atoms with Crippen molar-refractivity contribution in [3.63, 3.8) is 0 Å². The van der Waals surface area contributed by atoms with Gasteiger partial charge in [-0.2, -0.15) is 0 Å². The molecule has 3 aliphatic carbocycles. The Morgan fingerprint density at radius 1 is 1.22 bits per heavy atom. The van der Waals surface area contributed by atoms with Crippen molar-refractivity contribution < 1.29 is 5.11 Å². The van der Waals surface area contributed by atoms with Crippen molar-refractivity contribution in [3.8, 4) is 0 Å². The highest BCUT2D eigenvalue weighted by Crippen LogP contribution is 2.59. The van der Waals surface area contributed by atoms with Crippen LogP contribution in [-0.4, -0.2) is 11.2 Å². The van der Waals surface area contributed by atoms with Crippen LogP contribution >= 0.6 is 0 Å². The van der Waals surface area contributed by atoms with Crippen LogP contribution in [0.25, 0.3) is 0 Å². The van der Waals surface area contributed by atoms with Crippen LogP contribution in [0.3, 0.4) is 0 Å². The van der Waals surface area contributed by atoms with Crippen LogP contribution in [0.1, 0.15) is 65.7 Å². The molecule has 0 aliphatic heterocycles. The lowest BCUT2D eigenvalue weighted by atomic mass is 9.58. The molecule has 4 atom stereocenters. The standard InChI is InChI=1S/C17H28O/c1-11(2)13-8-9-17(3)15(18)10-12-6-4-5-7-14(12)16(13)17/h11-12,14-15,18H,4-10H2,1-3H3/t12-,14+,15-,17-/m1/s1. The van der Waals surface area contributed by atoms with E-state index in [1.165, 1.54) is 38.5 Å². The topological polar surface area (TPSA) is 20.2 Å². The van der Waals surface area contributed by atoms with Crippen LogP contribution in [-0.2, 0) is 0 Å². The maximum absolute atomic E-state index is 10.6. The normalized spacial score (nSPS) is 44.2. The molecule has 0 amide bonds. The van der Waals surface area contributed by atoms with Gasteiger partial charge in [-0.3, -0.25) is 0 Å². The molecule has 0 spiro atoms. The predicted octanol–water partition coefficient (Wildman–Crippen LogP) is 4.31. The first kappa shape index (κ1) is 12.7. The molecule has 18 heavy (non-hydrogen) atoms. The molecule has 2 saturated carbocycles. The quantitative estimate of drug-likeness (QED) is 0.686. The highest BCUT2D eigenvalue weighted by Gasteiger charge is 2.51. The van der Waals surface area contributed by atoms with E-state index in [2.05, 4.69) is 20.8 Å². The van der Waals surface area contributed by atoms with Gasteiger partial charge in [0.25, 0.3) is 0 Å². The molecule has 102 valence electrons. The van der Waals surface area contributed by atoms with E-state index in [1.54, 1.807) is 11.1 Å². The van der Waals surface area contributed by atoms with Crippen molar-refractivity contribution in [1.82, 2.24) is 0 Å². The Morgan fingerprint density at radius 2 is 1.94 bits per heavy atom. The van der Waals surface area contributed by atoms with Crippen LogP contribution < -0.4 is 0 Å². The third-order valence-electron chi connectivity index (χ3n) is 6.11. The van der Waals surface area contributed by atoms with Gasteiger partial charge in [0, 0.05) is 5.41 Å². The zero-order chi connectivity index (χ0) is 12.9. The van der Waals surface area contributed by atoms with E-state index in [9.17, 15) is 5.11 Å². The van der Waals surface area contributed by atoms with Crippen molar-refractivity contribution in [2.75, 3.05) is 0 Å². The Bertz CT molecular complexity index is 368. The first-order valence-electron chi connectivity index (χ1n) is 7.95. The molecule has 0 saturated heterocycles. The summed E-state index contributed by atoms with van der Waals surface area (Å²) in [6.45, 7) is 7.02. The third kappa shape index (κ3) is 1.70. The van der Waals surface area contributed by atoms with Gasteiger partial charge in [-0.15, -0.1) is 0 Å². The second-order valence-corrected chi connectivity index (χ2v) is 7.41. The average molecular weight is 248 g/mol. The van der Waals surface area contributed by atoms with Crippen molar-refractivity contribution in [3.05, 3.63) is 11.1 Å². The van der Waals surface area contributed by atoms with E-state index < -0.39 is 0 Å². The fraction of sp³-hybridized carbons (Fsp3) is 0.882.